The molecule has 0 bridgehead atoms. The number of hydrogen-bond acceptors (Lipinski definition) is 6. The molecular weight excluding hydrogens is 394 g/mol. The largest absolute Gasteiger partial charge is 0.369 e. The van der Waals surface area contributed by atoms with Crippen LogP contribution in [0.15, 0.2) is 18.6 Å². The van der Waals surface area contributed by atoms with Crippen molar-refractivity contribution < 1.29 is 9.59 Å². The second kappa shape index (κ2) is 9.21. The summed E-state index contributed by atoms with van der Waals surface area (Å²) >= 11 is 0. The molecule has 2 aliphatic heterocycles. The molecule has 168 valence electrons. The lowest BCUT2D eigenvalue weighted by molar-refractivity contribution is -0.137. The van der Waals surface area contributed by atoms with Gasteiger partial charge in [0, 0.05) is 38.8 Å². The standard InChI is InChI=1S/C22H33N7O2/c1-3-27-9-6-15(12-27)18(20(23)31)11-19(30)29(4-2)16-7-10-28(13-16)22-17-5-8-24-21(17)25-14-26-22/h5,8,14-16,18H,3-4,6-7,9-13H2,1-2H3,(H2,23,31)(H,24,25,26). The Hall–Kier alpha value is -2.68. The van der Waals surface area contributed by atoms with Gasteiger partial charge in [0.2, 0.25) is 11.8 Å². The first kappa shape index (κ1) is 21.5. The lowest BCUT2D eigenvalue weighted by Crippen LogP contribution is -2.44. The van der Waals surface area contributed by atoms with Crippen LogP contribution in [0, 0.1) is 11.8 Å². The molecule has 0 aromatic carbocycles. The van der Waals surface area contributed by atoms with E-state index in [-0.39, 0.29) is 30.2 Å². The van der Waals surface area contributed by atoms with E-state index in [1.807, 2.05) is 24.1 Å². The van der Waals surface area contributed by atoms with Gasteiger partial charge >= 0.3 is 0 Å². The fraction of sp³-hybridized carbons (Fsp3) is 0.636. The van der Waals surface area contributed by atoms with Gasteiger partial charge in [0.05, 0.1) is 17.3 Å². The monoisotopic (exact) mass is 427 g/mol. The number of rotatable bonds is 8. The predicted octanol–water partition coefficient (Wildman–Crippen LogP) is 1.22. The number of likely N-dealkylation sites (N-methyl/N-ethyl adjacent to an activating group) is 1. The summed E-state index contributed by atoms with van der Waals surface area (Å²) < 4.78 is 0. The summed E-state index contributed by atoms with van der Waals surface area (Å²) in [4.78, 5) is 43.8. The molecule has 0 radical (unpaired) electrons. The van der Waals surface area contributed by atoms with Crippen molar-refractivity contribution in [3.63, 3.8) is 0 Å². The Morgan fingerprint density at radius 2 is 2.10 bits per heavy atom. The van der Waals surface area contributed by atoms with Crippen LogP contribution in [0.1, 0.15) is 33.1 Å². The number of amides is 2. The van der Waals surface area contributed by atoms with Gasteiger partial charge in [-0.2, -0.15) is 0 Å². The fourth-order valence-electron chi connectivity index (χ4n) is 5.22. The summed E-state index contributed by atoms with van der Waals surface area (Å²) in [5.74, 6) is 0.358. The fourth-order valence-corrected chi connectivity index (χ4v) is 5.22. The molecule has 31 heavy (non-hydrogen) atoms. The normalized spacial score (nSPS) is 22.8. The molecule has 0 saturated carbocycles. The van der Waals surface area contributed by atoms with Crippen LogP contribution in [-0.2, 0) is 9.59 Å². The molecule has 0 spiro atoms. The van der Waals surface area contributed by atoms with Crippen LogP contribution < -0.4 is 10.6 Å². The average molecular weight is 428 g/mol. The smallest absolute Gasteiger partial charge is 0.223 e. The Labute approximate surface area is 183 Å². The number of hydrogen-bond donors (Lipinski definition) is 2. The molecule has 2 aromatic heterocycles. The highest BCUT2D eigenvalue weighted by Gasteiger charge is 2.37. The lowest BCUT2D eigenvalue weighted by atomic mass is 9.87. The van der Waals surface area contributed by atoms with Crippen molar-refractivity contribution in [2.24, 2.45) is 17.6 Å². The molecule has 9 nitrogen and oxygen atoms in total. The first-order valence-electron chi connectivity index (χ1n) is 11.4. The molecule has 4 heterocycles. The van der Waals surface area contributed by atoms with Crippen molar-refractivity contribution in [2.45, 2.75) is 39.2 Å². The SMILES string of the molecule is CCN1CCC(C(CC(=O)N(CC)C2CCN(c3ncnc4[nH]ccc34)C2)C(N)=O)C1. The molecule has 4 rings (SSSR count). The molecule has 9 heteroatoms. The highest BCUT2D eigenvalue weighted by Crippen LogP contribution is 2.30. The number of nitrogens with zero attached hydrogens (tertiary/aromatic N) is 5. The number of nitrogens with one attached hydrogen (secondary N) is 1. The molecule has 2 aliphatic rings. The highest BCUT2D eigenvalue weighted by atomic mass is 16.2. The molecule has 3 unspecified atom stereocenters. The van der Waals surface area contributed by atoms with Crippen LogP contribution in [0.3, 0.4) is 0 Å². The zero-order valence-electron chi connectivity index (χ0n) is 18.5. The number of anilines is 1. The van der Waals surface area contributed by atoms with Gasteiger partial charge in [0.15, 0.2) is 0 Å². The number of carbonyl (C=O) groups is 2. The number of likely N-dealkylation sites (tertiary alicyclic amines) is 1. The summed E-state index contributed by atoms with van der Waals surface area (Å²) in [6.07, 6.45) is 5.45. The number of fused-ring (bicyclic) bond motifs is 1. The summed E-state index contributed by atoms with van der Waals surface area (Å²) in [6.45, 7) is 9.09. The van der Waals surface area contributed by atoms with Gasteiger partial charge in [-0.3, -0.25) is 9.59 Å². The third-order valence-corrected chi connectivity index (χ3v) is 6.98. The van der Waals surface area contributed by atoms with Crippen LogP contribution in [0.4, 0.5) is 5.82 Å². The van der Waals surface area contributed by atoms with Gasteiger partial charge in [-0.25, -0.2) is 9.97 Å². The Balaban J connectivity index is 1.43. The zero-order valence-corrected chi connectivity index (χ0v) is 18.5. The quantitative estimate of drug-likeness (QED) is 0.655. The Morgan fingerprint density at radius 1 is 1.26 bits per heavy atom. The predicted molar refractivity (Wildman–Crippen MR) is 119 cm³/mol. The number of aromatic nitrogens is 3. The maximum Gasteiger partial charge on any atom is 0.223 e. The number of aromatic amines is 1. The van der Waals surface area contributed by atoms with Gasteiger partial charge < -0.3 is 25.4 Å². The van der Waals surface area contributed by atoms with Crippen molar-refractivity contribution >= 4 is 28.7 Å². The molecule has 3 N–H and O–H groups in total. The van der Waals surface area contributed by atoms with Crippen LogP contribution in [-0.4, -0.2) is 81.9 Å². The van der Waals surface area contributed by atoms with E-state index in [1.54, 1.807) is 6.33 Å². The zero-order chi connectivity index (χ0) is 22.0. The van der Waals surface area contributed by atoms with Gasteiger partial charge in [-0.1, -0.05) is 6.92 Å². The molecule has 3 atom stereocenters. The van der Waals surface area contributed by atoms with Crippen LogP contribution in [0.2, 0.25) is 0 Å². The van der Waals surface area contributed by atoms with Gasteiger partial charge in [-0.15, -0.1) is 0 Å². The van der Waals surface area contributed by atoms with E-state index in [4.69, 9.17) is 5.73 Å². The number of H-pyrrole nitrogens is 1. The number of carbonyl (C=O) groups excluding carboxylic acids is 2. The van der Waals surface area contributed by atoms with Crippen molar-refractivity contribution in [3.8, 4) is 0 Å². The Kier molecular flexibility index (Phi) is 6.41. The summed E-state index contributed by atoms with van der Waals surface area (Å²) in [6, 6.07) is 2.09. The van der Waals surface area contributed by atoms with Gasteiger partial charge in [0.1, 0.15) is 17.8 Å². The van der Waals surface area contributed by atoms with Crippen LogP contribution >= 0.6 is 0 Å². The molecule has 0 aliphatic carbocycles. The highest BCUT2D eigenvalue weighted by molar-refractivity contribution is 5.88. The van der Waals surface area contributed by atoms with E-state index in [0.717, 1.165) is 62.4 Å². The van der Waals surface area contributed by atoms with Crippen molar-refractivity contribution in [2.75, 3.05) is 44.2 Å². The van der Waals surface area contributed by atoms with E-state index in [9.17, 15) is 9.59 Å². The third kappa shape index (κ3) is 4.37. The van der Waals surface area contributed by atoms with Crippen molar-refractivity contribution in [3.05, 3.63) is 18.6 Å². The van der Waals surface area contributed by atoms with Crippen molar-refractivity contribution in [1.29, 1.82) is 0 Å². The van der Waals surface area contributed by atoms with E-state index >= 15 is 0 Å². The minimum atomic E-state index is -0.392. The average Bonchev–Trinajstić information content (AvgIpc) is 3.52. The minimum absolute atomic E-state index is 0.0302. The molecule has 2 saturated heterocycles. The second-order valence-electron chi connectivity index (χ2n) is 8.66. The van der Waals surface area contributed by atoms with E-state index < -0.39 is 5.92 Å². The van der Waals surface area contributed by atoms with E-state index in [2.05, 4.69) is 31.7 Å². The number of nitrogens with two attached hydrogens (primary N) is 1. The summed E-state index contributed by atoms with van der Waals surface area (Å²) in [7, 11) is 0. The first-order chi connectivity index (χ1) is 15.0. The van der Waals surface area contributed by atoms with Crippen LogP contribution in [0.25, 0.3) is 11.0 Å². The lowest BCUT2D eigenvalue weighted by Gasteiger charge is -2.30. The summed E-state index contributed by atoms with van der Waals surface area (Å²) in [5, 5.41) is 0.994. The maximum atomic E-state index is 13.3. The number of primary amides is 1. The minimum Gasteiger partial charge on any atom is -0.369 e. The van der Waals surface area contributed by atoms with E-state index in [1.165, 1.54) is 0 Å². The first-order valence-corrected chi connectivity index (χ1v) is 11.4. The molecule has 2 fully saturated rings. The molecular formula is C22H33N7O2. The van der Waals surface area contributed by atoms with Gasteiger partial charge in [-0.05, 0) is 44.8 Å². The Morgan fingerprint density at radius 3 is 2.81 bits per heavy atom. The van der Waals surface area contributed by atoms with E-state index in [0.29, 0.717) is 6.54 Å². The molecule has 2 amide bonds. The van der Waals surface area contributed by atoms with Gasteiger partial charge in [0.25, 0.3) is 0 Å². The van der Waals surface area contributed by atoms with Crippen molar-refractivity contribution in [1.82, 2.24) is 24.8 Å². The third-order valence-electron chi connectivity index (χ3n) is 6.98. The molecule has 2 aromatic rings. The van der Waals surface area contributed by atoms with Crippen LogP contribution in [0.5, 0.6) is 0 Å². The maximum absolute atomic E-state index is 13.3. The Bertz CT molecular complexity index is 929. The topological polar surface area (TPSA) is 111 Å². The second-order valence-corrected chi connectivity index (χ2v) is 8.66. The summed E-state index contributed by atoms with van der Waals surface area (Å²) in [5.41, 5.74) is 6.55.